The predicted molar refractivity (Wildman–Crippen MR) is 77.3 cm³/mol. The topological polar surface area (TPSA) is 59.1 Å². The van der Waals surface area contributed by atoms with Gasteiger partial charge in [-0.3, -0.25) is 9.59 Å². The van der Waals surface area contributed by atoms with Gasteiger partial charge in [-0.1, -0.05) is 6.07 Å². The quantitative estimate of drug-likeness (QED) is 0.810. The molecule has 0 saturated carbocycles. The Morgan fingerprint density at radius 2 is 2.38 bits per heavy atom. The van der Waals surface area contributed by atoms with Crippen LogP contribution in [-0.2, 0) is 14.3 Å². The fourth-order valence-corrected chi connectivity index (χ4v) is 3.56. The molecular weight excluding hydrogens is 292 g/mol. The first-order chi connectivity index (χ1) is 10.2. The van der Waals surface area contributed by atoms with E-state index in [9.17, 15) is 9.59 Å². The number of hydrogen-bond acceptors (Lipinski definition) is 5. The summed E-state index contributed by atoms with van der Waals surface area (Å²) in [5, 5.41) is 1.89. The molecule has 0 spiro atoms. The van der Waals surface area contributed by atoms with Gasteiger partial charge in [0.05, 0.1) is 23.6 Å². The molecule has 2 saturated heterocycles. The third kappa shape index (κ3) is 2.81. The van der Waals surface area contributed by atoms with E-state index in [4.69, 9.17) is 9.47 Å². The Labute approximate surface area is 127 Å². The van der Waals surface area contributed by atoms with Gasteiger partial charge in [0.1, 0.15) is 6.61 Å². The summed E-state index contributed by atoms with van der Waals surface area (Å²) >= 11 is 1.43. The Morgan fingerprint density at radius 3 is 3.10 bits per heavy atom. The molecule has 2 atom stereocenters. The van der Waals surface area contributed by atoms with Crippen LogP contribution in [-0.4, -0.2) is 73.7 Å². The van der Waals surface area contributed by atoms with E-state index >= 15 is 0 Å². The van der Waals surface area contributed by atoms with Crippen LogP contribution in [0.15, 0.2) is 17.5 Å². The normalized spacial score (nSPS) is 25.3. The van der Waals surface area contributed by atoms with Crippen molar-refractivity contribution in [3.8, 4) is 0 Å². The highest BCUT2D eigenvalue weighted by Gasteiger charge is 2.44. The van der Waals surface area contributed by atoms with E-state index in [1.54, 1.807) is 16.9 Å². The van der Waals surface area contributed by atoms with E-state index in [-0.39, 0.29) is 30.6 Å². The Balaban J connectivity index is 1.71. The number of fused-ring (bicyclic) bond motifs is 1. The molecule has 2 fully saturated rings. The summed E-state index contributed by atoms with van der Waals surface area (Å²) in [4.78, 5) is 28.7. The zero-order valence-electron chi connectivity index (χ0n) is 11.9. The maximum atomic E-state index is 12.4. The van der Waals surface area contributed by atoms with Crippen LogP contribution in [0.3, 0.4) is 0 Å². The SMILES string of the molecule is COCCN1C(=O)CO[C@H]2CN(C(=O)c3cccs3)C[C@@H]21. The Kier molecular flexibility index (Phi) is 4.23. The maximum absolute atomic E-state index is 12.4. The van der Waals surface area contributed by atoms with Crippen molar-refractivity contribution in [1.82, 2.24) is 9.80 Å². The number of ether oxygens (including phenoxy) is 2. The van der Waals surface area contributed by atoms with E-state index in [1.807, 2.05) is 17.5 Å². The monoisotopic (exact) mass is 310 g/mol. The zero-order chi connectivity index (χ0) is 14.8. The fraction of sp³-hybridized carbons (Fsp3) is 0.571. The number of methoxy groups -OCH3 is 1. The number of rotatable bonds is 4. The predicted octanol–water partition coefficient (Wildman–Crippen LogP) is 0.446. The van der Waals surface area contributed by atoms with Crippen LogP contribution in [0.2, 0.25) is 0 Å². The largest absolute Gasteiger partial charge is 0.383 e. The van der Waals surface area contributed by atoms with Gasteiger partial charge in [0.25, 0.3) is 5.91 Å². The molecule has 2 aliphatic rings. The molecule has 2 aliphatic heterocycles. The summed E-state index contributed by atoms with van der Waals surface area (Å²) in [5.41, 5.74) is 0. The first kappa shape index (κ1) is 14.5. The molecular formula is C14H18N2O4S. The fourth-order valence-electron chi connectivity index (χ4n) is 2.87. The lowest BCUT2D eigenvalue weighted by molar-refractivity contribution is -0.153. The smallest absolute Gasteiger partial charge is 0.264 e. The van der Waals surface area contributed by atoms with E-state index in [0.29, 0.717) is 26.2 Å². The lowest BCUT2D eigenvalue weighted by atomic mass is 10.1. The third-order valence-electron chi connectivity index (χ3n) is 3.93. The lowest BCUT2D eigenvalue weighted by Crippen LogP contribution is -2.54. The van der Waals surface area contributed by atoms with Crippen molar-refractivity contribution in [2.75, 3.05) is 40.0 Å². The van der Waals surface area contributed by atoms with Gasteiger partial charge >= 0.3 is 0 Å². The van der Waals surface area contributed by atoms with Crippen molar-refractivity contribution in [2.45, 2.75) is 12.1 Å². The third-order valence-corrected chi connectivity index (χ3v) is 4.79. The number of morpholine rings is 1. The summed E-state index contributed by atoms with van der Waals surface area (Å²) in [5.74, 6) is -0.0131. The molecule has 114 valence electrons. The van der Waals surface area contributed by atoms with Crippen LogP contribution in [0.5, 0.6) is 0 Å². The molecule has 0 aliphatic carbocycles. The Morgan fingerprint density at radius 1 is 1.52 bits per heavy atom. The van der Waals surface area contributed by atoms with Gasteiger partial charge in [0, 0.05) is 26.7 Å². The van der Waals surface area contributed by atoms with Crippen LogP contribution >= 0.6 is 11.3 Å². The molecule has 3 heterocycles. The number of likely N-dealkylation sites (tertiary alicyclic amines) is 1. The summed E-state index contributed by atoms with van der Waals surface area (Å²) in [6.07, 6.45) is -0.0940. The maximum Gasteiger partial charge on any atom is 0.264 e. The molecule has 6 nitrogen and oxygen atoms in total. The number of nitrogens with zero attached hydrogens (tertiary/aromatic N) is 2. The minimum atomic E-state index is -0.0940. The van der Waals surface area contributed by atoms with Gasteiger partial charge in [-0.2, -0.15) is 0 Å². The number of carbonyl (C=O) groups excluding carboxylic acids is 2. The zero-order valence-corrected chi connectivity index (χ0v) is 12.7. The standard InChI is InChI=1S/C14H18N2O4S/c1-19-5-4-16-10-7-15(8-11(10)20-9-13(16)17)14(18)12-3-2-6-21-12/h2-3,6,10-11H,4-5,7-9H2,1H3/t10-,11-/m0/s1. The first-order valence-corrected chi connectivity index (χ1v) is 7.81. The molecule has 0 unspecified atom stereocenters. The molecule has 2 amide bonds. The molecule has 3 rings (SSSR count). The van der Waals surface area contributed by atoms with E-state index < -0.39 is 0 Å². The van der Waals surface area contributed by atoms with Gasteiger partial charge in [-0.05, 0) is 11.4 Å². The second-order valence-electron chi connectivity index (χ2n) is 5.18. The van der Waals surface area contributed by atoms with Crippen LogP contribution < -0.4 is 0 Å². The van der Waals surface area contributed by atoms with Crippen molar-refractivity contribution in [2.24, 2.45) is 0 Å². The molecule has 0 bridgehead atoms. The second-order valence-corrected chi connectivity index (χ2v) is 6.13. The average molecular weight is 310 g/mol. The van der Waals surface area contributed by atoms with Crippen LogP contribution in [0, 0.1) is 0 Å². The lowest BCUT2D eigenvalue weighted by Gasteiger charge is -2.36. The van der Waals surface area contributed by atoms with Gasteiger partial charge in [0.15, 0.2) is 0 Å². The Bertz CT molecular complexity index is 519. The van der Waals surface area contributed by atoms with Crippen LogP contribution in [0.1, 0.15) is 9.67 Å². The molecule has 21 heavy (non-hydrogen) atoms. The summed E-state index contributed by atoms with van der Waals surface area (Å²) in [6, 6.07) is 3.63. The van der Waals surface area contributed by atoms with Gasteiger partial charge < -0.3 is 19.3 Å². The molecule has 1 aromatic rings. The van der Waals surface area contributed by atoms with Crippen molar-refractivity contribution in [1.29, 1.82) is 0 Å². The number of amides is 2. The number of hydrogen-bond donors (Lipinski definition) is 0. The van der Waals surface area contributed by atoms with Crippen molar-refractivity contribution >= 4 is 23.2 Å². The molecule has 7 heteroatoms. The van der Waals surface area contributed by atoms with Crippen molar-refractivity contribution in [3.05, 3.63) is 22.4 Å². The second kappa shape index (κ2) is 6.13. The number of thiophene rings is 1. The molecule has 0 aromatic carbocycles. The molecule has 0 radical (unpaired) electrons. The summed E-state index contributed by atoms with van der Waals surface area (Å²) in [7, 11) is 1.61. The van der Waals surface area contributed by atoms with Crippen molar-refractivity contribution in [3.63, 3.8) is 0 Å². The Hall–Kier alpha value is -1.44. The van der Waals surface area contributed by atoms with Gasteiger partial charge in [-0.15, -0.1) is 11.3 Å². The highest BCUT2D eigenvalue weighted by atomic mass is 32.1. The number of carbonyl (C=O) groups is 2. The van der Waals surface area contributed by atoms with Crippen LogP contribution in [0.4, 0.5) is 0 Å². The molecule has 1 aromatic heterocycles. The summed E-state index contributed by atoms with van der Waals surface area (Å²) < 4.78 is 10.7. The minimum absolute atomic E-state index is 0.0159. The van der Waals surface area contributed by atoms with Gasteiger partial charge in [0.2, 0.25) is 5.91 Å². The van der Waals surface area contributed by atoms with Crippen molar-refractivity contribution < 1.29 is 19.1 Å². The van der Waals surface area contributed by atoms with E-state index in [0.717, 1.165) is 4.88 Å². The highest BCUT2D eigenvalue weighted by molar-refractivity contribution is 7.12. The minimum Gasteiger partial charge on any atom is -0.383 e. The van der Waals surface area contributed by atoms with Crippen LogP contribution in [0.25, 0.3) is 0 Å². The van der Waals surface area contributed by atoms with Gasteiger partial charge in [-0.25, -0.2) is 0 Å². The highest BCUT2D eigenvalue weighted by Crippen LogP contribution is 2.25. The summed E-state index contributed by atoms with van der Waals surface area (Å²) in [6.45, 7) is 2.19. The van der Waals surface area contributed by atoms with E-state index in [1.165, 1.54) is 11.3 Å². The molecule has 0 N–H and O–H groups in total. The average Bonchev–Trinajstić information content (AvgIpc) is 3.14. The first-order valence-electron chi connectivity index (χ1n) is 6.93. The van der Waals surface area contributed by atoms with E-state index in [2.05, 4.69) is 0 Å².